The van der Waals surface area contributed by atoms with Crippen LogP contribution in [0.3, 0.4) is 0 Å². The molecule has 0 bridgehead atoms. The first-order valence-corrected chi connectivity index (χ1v) is 8.08. The van der Waals surface area contributed by atoms with Crippen LogP contribution in [0.1, 0.15) is 63.2 Å². The van der Waals surface area contributed by atoms with Gasteiger partial charge in [0.25, 0.3) is 0 Å². The summed E-state index contributed by atoms with van der Waals surface area (Å²) in [4.78, 5) is 7.22. The molecule has 2 heterocycles. The molecule has 5 nitrogen and oxygen atoms in total. The molecule has 1 saturated carbocycles. The van der Waals surface area contributed by atoms with Crippen molar-refractivity contribution in [1.29, 1.82) is 0 Å². The summed E-state index contributed by atoms with van der Waals surface area (Å²) >= 11 is 0. The van der Waals surface area contributed by atoms with Crippen LogP contribution in [0.15, 0.2) is 4.52 Å². The fraction of sp³-hybridized carbons (Fsp3) is 0.867. The second-order valence-corrected chi connectivity index (χ2v) is 6.21. The van der Waals surface area contributed by atoms with Gasteiger partial charge in [-0.05, 0) is 25.2 Å². The summed E-state index contributed by atoms with van der Waals surface area (Å²) in [6.07, 6.45) is 4.89. The fourth-order valence-corrected chi connectivity index (χ4v) is 3.11. The molecular weight excluding hydrogens is 252 g/mol. The van der Waals surface area contributed by atoms with Crippen molar-refractivity contribution in [2.24, 2.45) is 5.92 Å². The van der Waals surface area contributed by atoms with Gasteiger partial charge in [0.05, 0.1) is 6.04 Å². The molecule has 3 rings (SSSR count). The van der Waals surface area contributed by atoms with Crippen LogP contribution in [-0.4, -0.2) is 41.2 Å². The fourth-order valence-electron chi connectivity index (χ4n) is 3.11. The van der Waals surface area contributed by atoms with Gasteiger partial charge in [0.15, 0.2) is 5.82 Å². The number of nitrogens with one attached hydrogen (secondary N) is 1. The number of piperazine rings is 1. The minimum absolute atomic E-state index is 0.325. The van der Waals surface area contributed by atoms with Gasteiger partial charge >= 0.3 is 0 Å². The Morgan fingerprint density at radius 2 is 2.10 bits per heavy atom. The monoisotopic (exact) mass is 278 g/mol. The molecule has 20 heavy (non-hydrogen) atoms. The number of nitrogens with zero attached hydrogens (tertiary/aromatic N) is 3. The molecular formula is C15H26N4O. The van der Waals surface area contributed by atoms with Gasteiger partial charge < -0.3 is 9.84 Å². The predicted octanol–water partition coefficient (Wildman–Crippen LogP) is 2.33. The standard InChI is InChI=1S/C15H26N4O/c1-3-4-13(19-9-7-16-8-10-19)14-17-15(20-18-14)11(2)12-5-6-12/h11-13,16H,3-10H2,1-2H3. The van der Waals surface area contributed by atoms with E-state index < -0.39 is 0 Å². The summed E-state index contributed by atoms with van der Waals surface area (Å²) < 4.78 is 5.54. The zero-order valence-corrected chi connectivity index (χ0v) is 12.6. The summed E-state index contributed by atoms with van der Waals surface area (Å²) in [7, 11) is 0. The maximum Gasteiger partial charge on any atom is 0.229 e. The molecule has 5 heteroatoms. The van der Waals surface area contributed by atoms with Gasteiger partial charge in [0.1, 0.15) is 0 Å². The third kappa shape index (κ3) is 3.04. The highest BCUT2D eigenvalue weighted by atomic mass is 16.5. The Bertz CT molecular complexity index is 423. The molecule has 0 aromatic carbocycles. The summed E-state index contributed by atoms with van der Waals surface area (Å²) in [5.74, 6) is 2.95. The van der Waals surface area contributed by atoms with Crippen molar-refractivity contribution in [2.75, 3.05) is 26.2 Å². The van der Waals surface area contributed by atoms with Gasteiger partial charge in [-0.15, -0.1) is 0 Å². The van der Waals surface area contributed by atoms with Crippen molar-refractivity contribution >= 4 is 0 Å². The van der Waals surface area contributed by atoms with Crippen LogP contribution in [0.2, 0.25) is 0 Å². The van der Waals surface area contributed by atoms with Crippen molar-refractivity contribution in [3.63, 3.8) is 0 Å². The topological polar surface area (TPSA) is 54.2 Å². The van der Waals surface area contributed by atoms with Gasteiger partial charge in [-0.3, -0.25) is 4.90 Å². The number of hydrogen-bond acceptors (Lipinski definition) is 5. The molecule has 1 N–H and O–H groups in total. The van der Waals surface area contributed by atoms with Crippen molar-refractivity contribution in [2.45, 2.75) is 51.5 Å². The van der Waals surface area contributed by atoms with E-state index in [2.05, 4.69) is 29.2 Å². The molecule has 1 aromatic heterocycles. The van der Waals surface area contributed by atoms with Crippen LogP contribution in [0.25, 0.3) is 0 Å². The molecule has 2 aliphatic rings. The van der Waals surface area contributed by atoms with Crippen LogP contribution in [0.5, 0.6) is 0 Å². The quantitative estimate of drug-likeness (QED) is 0.865. The Kier molecular flexibility index (Phi) is 4.36. The first-order valence-electron chi connectivity index (χ1n) is 8.08. The second-order valence-electron chi connectivity index (χ2n) is 6.21. The van der Waals surface area contributed by atoms with E-state index in [1.54, 1.807) is 0 Å². The van der Waals surface area contributed by atoms with Gasteiger partial charge in [0.2, 0.25) is 5.89 Å². The zero-order valence-electron chi connectivity index (χ0n) is 12.6. The van der Waals surface area contributed by atoms with E-state index >= 15 is 0 Å². The second kappa shape index (κ2) is 6.22. The molecule has 1 saturated heterocycles. The summed E-state index contributed by atoms with van der Waals surface area (Å²) in [5.41, 5.74) is 0. The van der Waals surface area contributed by atoms with Crippen LogP contribution < -0.4 is 5.32 Å². The van der Waals surface area contributed by atoms with Crippen molar-refractivity contribution < 1.29 is 4.52 Å². The van der Waals surface area contributed by atoms with Gasteiger partial charge in [-0.2, -0.15) is 4.98 Å². The molecule has 0 spiro atoms. The largest absolute Gasteiger partial charge is 0.339 e. The van der Waals surface area contributed by atoms with Gasteiger partial charge in [0, 0.05) is 32.1 Å². The Morgan fingerprint density at radius 3 is 2.75 bits per heavy atom. The lowest BCUT2D eigenvalue weighted by molar-refractivity contribution is 0.155. The average molecular weight is 278 g/mol. The molecule has 0 amide bonds. The minimum atomic E-state index is 0.325. The minimum Gasteiger partial charge on any atom is -0.339 e. The third-order valence-corrected chi connectivity index (χ3v) is 4.63. The first kappa shape index (κ1) is 14.0. The summed E-state index contributed by atoms with van der Waals surface area (Å²) in [6.45, 7) is 8.71. The summed E-state index contributed by atoms with van der Waals surface area (Å²) in [6, 6.07) is 0.325. The molecule has 2 fully saturated rings. The highest BCUT2D eigenvalue weighted by molar-refractivity contribution is 5.02. The predicted molar refractivity (Wildman–Crippen MR) is 77.5 cm³/mol. The van der Waals surface area contributed by atoms with Gasteiger partial charge in [-0.1, -0.05) is 25.4 Å². The Hall–Kier alpha value is -0.940. The van der Waals surface area contributed by atoms with E-state index in [9.17, 15) is 0 Å². The van der Waals surface area contributed by atoms with E-state index in [1.165, 1.54) is 12.8 Å². The van der Waals surface area contributed by atoms with E-state index in [1.807, 2.05) is 0 Å². The van der Waals surface area contributed by atoms with Crippen molar-refractivity contribution in [3.05, 3.63) is 11.7 Å². The number of hydrogen-bond donors (Lipinski definition) is 1. The molecule has 1 aliphatic carbocycles. The highest BCUT2D eigenvalue weighted by Gasteiger charge is 2.34. The molecule has 1 aliphatic heterocycles. The molecule has 1 aromatic rings. The Balaban J connectivity index is 1.72. The molecule has 2 atom stereocenters. The lowest BCUT2D eigenvalue weighted by Crippen LogP contribution is -2.45. The smallest absolute Gasteiger partial charge is 0.229 e. The zero-order chi connectivity index (χ0) is 13.9. The lowest BCUT2D eigenvalue weighted by Gasteiger charge is -2.33. The van der Waals surface area contributed by atoms with Crippen LogP contribution in [0, 0.1) is 5.92 Å². The average Bonchev–Trinajstić information content (AvgIpc) is 3.23. The normalized spacial score (nSPS) is 23.7. The highest BCUT2D eigenvalue weighted by Crippen LogP contribution is 2.42. The maximum atomic E-state index is 5.54. The molecule has 0 radical (unpaired) electrons. The Morgan fingerprint density at radius 1 is 1.35 bits per heavy atom. The number of aromatic nitrogens is 2. The Labute approximate surface area is 121 Å². The van der Waals surface area contributed by atoms with Crippen LogP contribution in [-0.2, 0) is 0 Å². The van der Waals surface area contributed by atoms with Gasteiger partial charge in [-0.25, -0.2) is 0 Å². The summed E-state index contributed by atoms with van der Waals surface area (Å²) in [5, 5.41) is 7.70. The first-order chi connectivity index (χ1) is 9.79. The van der Waals surface area contributed by atoms with Crippen LogP contribution >= 0.6 is 0 Å². The van der Waals surface area contributed by atoms with E-state index in [0.717, 1.165) is 56.7 Å². The van der Waals surface area contributed by atoms with Crippen LogP contribution in [0.4, 0.5) is 0 Å². The SMILES string of the molecule is CCCC(c1noc(C(C)C2CC2)n1)N1CCNCC1. The number of rotatable bonds is 6. The maximum absolute atomic E-state index is 5.54. The third-order valence-electron chi connectivity index (χ3n) is 4.63. The van der Waals surface area contributed by atoms with Crippen molar-refractivity contribution in [3.8, 4) is 0 Å². The van der Waals surface area contributed by atoms with E-state index in [0.29, 0.717) is 12.0 Å². The van der Waals surface area contributed by atoms with Crippen molar-refractivity contribution in [1.82, 2.24) is 20.4 Å². The van der Waals surface area contributed by atoms with E-state index in [-0.39, 0.29) is 0 Å². The van der Waals surface area contributed by atoms with E-state index in [4.69, 9.17) is 9.51 Å². The molecule has 2 unspecified atom stereocenters. The molecule has 112 valence electrons. The lowest BCUT2D eigenvalue weighted by atomic mass is 10.1.